The molecule has 1 fully saturated rings. The molecular formula is C21H15F2N5O3. The van der Waals surface area contributed by atoms with Crippen molar-refractivity contribution in [3.8, 4) is 23.0 Å². The van der Waals surface area contributed by atoms with Gasteiger partial charge in [0.05, 0.1) is 17.3 Å². The number of aromatic nitrogens is 2. The number of carboxylic acid groups (broad SMARTS) is 1. The van der Waals surface area contributed by atoms with Crippen molar-refractivity contribution >= 4 is 17.8 Å². The van der Waals surface area contributed by atoms with Gasteiger partial charge < -0.3 is 5.11 Å². The van der Waals surface area contributed by atoms with Gasteiger partial charge in [-0.3, -0.25) is 15.4 Å². The third kappa shape index (κ3) is 3.57. The summed E-state index contributed by atoms with van der Waals surface area (Å²) in [5.41, 5.74) is 0.839. The Morgan fingerprint density at radius 2 is 1.84 bits per heavy atom. The number of anilines is 1. The van der Waals surface area contributed by atoms with Crippen molar-refractivity contribution in [2.45, 2.75) is 18.3 Å². The maximum Gasteiger partial charge on any atom is 0.410 e. The summed E-state index contributed by atoms with van der Waals surface area (Å²) in [4.78, 5) is 23.0. The fourth-order valence-electron chi connectivity index (χ4n) is 3.51. The molecule has 4 rings (SSSR count). The lowest BCUT2D eigenvalue weighted by Crippen LogP contribution is -2.31. The Morgan fingerprint density at radius 1 is 1.13 bits per heavy atom. The van der Waals surface area contributed by atoms with E-state index in [1.165, 1.54) is 6.07 Å². The van der Waals surface area contributed by atoms with E-state index in [1.54, 1.807) is 42.6 Å². The smallest absolute Gasteiger partial charge is 0.410 e. The lowest BCUT2D eigenvalue weighted by Gasteiger charge is -2.14. The Hall–Kier alpha value is -4.26. The lowest BCUT2D eigenvalue weighted by molar-refractivity contribution is -0.122. The highest BCUT2D eigenvalue weighted by Gasteiger charge is 2.51. The molecule has 0 bridgehead atoms. The van der Waals surface area contributed by atoms with Crippen molar-refractivity contribution in [3.05, 3.63) is 65.9 Å². The summed E-state index contributed by atoms with van der Waals surface area (Å²) in [5, 5.41) is 25.4. The zero-order valence-electron chi connectivity index (χ0n) is 15.9. The highest BCUT2D eigenvalue weighted by molar-refractivity contribution is 5.92. The second-order valence-corrected chi connectivity index (χ2v) is 7.07. The van der Waals surface area contributed by atoms with Gasteiger partial charge in [-0.15, -0.1) is 0 Å². The fraction of sp³-hybridized carbons (Fsp3) is 0.143. The van der Waals surface area contributed by atoms with Gasteiger partial charge in [0.1, 0.15) is 5.82 Å². The van der Waals surface area contributed by atoms with Crippen LogP contribution in [0.1, 0.15) is 18.4 Å². The molecule has 3 aromatic rings. The summed E-state index contributed by atoms with van der Waals surface area (Å²) in [6.45, 7) is 0. The van der Waals surface area contributed by atoms with E-state index in [0.717, 1.165) is 10.9 Å². The largest absolute Gasteiger partial charge is 0.465 e. The SMILES string of the molecule is N#CNC(=O)C1(c2ccc(-c3ccc(-n4ncc(F)c4NC(=O)O)cc3)c(F)c2)CC1. The van der Waals surface area contributed by atoms with Crippen LogP contribution in [0.5, 0.6) is 0 Å². The predicted molar refractivity (Wildman–Crippen MR) is 105 cm³/mol. The number of nitriles is 1. The van der Waals surface area contributed by atoms with Gasteiger partial charge in [0, 0.05) is 5.56 Å². The molecule has 0 atom stereocenters. The van der Waals surface area contributed by atoms with Gasteiger partial charge in [0.15, 0.2) is 17.8 Å². The van der Waals surface area contributed by atoms with E-state index >= 15 is 0 Å². The van der Waals surface area contributed by atoms with E-state index < -0.39 is 29.0 Å². The summed E-state index contributed by atoms with van der Waals surface area (Å²) in [5.74, 6) is -2.13. The molecule has 1 heterocycles. The summed E-state index contributed by atoms with van der Waals surface area (Å²) < 4.78 is 29.7. The minimum absolute atomic E-state index is 0.294. The normalized spacial score (nSPS) is 13.8. The van der Waals surface area contributed by atoms with Crippen molar-refractivity contribution in [3.63, 3.8) is 0 Å². The Kier molecular flexibility index (Phi) is 4.87. The summed E-state index contributed by atoms with van der Waals surface area (Å²) in [6.07, 6.45) is 2.14. The number of carbonyl (C=O) groups is 2. The summed E-state index contributed by atoms with van der Waals surface area (Å²) in [6, 6.07) is 10.8. The second-order valence-electron chi connectivity index (χ2n) is 7.07. The monoisotopic (exact) mass is 423 g/mol. The van der Waals surface area contributed by atoms with Crippen molar-refractivity contribution in [1.82, 2.24) is 15.1 Å². The van der Waals surface area contributed by atoms with Crippen LogP contribution in [0.15, 0.2) is 48.7 Å². The minimum Gasteiger partial charge on any atom is -0.465 e. The van der Waals surface area contributed by atoms with Crippen LogP contribution < -0.4 is 10.6 Å². The Morgan fingerprint density at radius 3 is 2.42 bits per heavy atom. The van der Waals surface area contributed by atoms with Crippen molar-refractivity contribution in [1.29, 1.82) is 5.26 Å². The first-order valence-corrected chi connectivity index (χ1v) is 9.19. The van der Waals surface area contributed by atoms with Crippen LogP contribution in [0, 0.1) is 23.1 Å². The van der Waals surface area contributed by atoms with Crippen LogP contribution in [0.4, 0.5) is 19.4 Å². The number of carbonyl (C=O) groups excluding carboxylic acids is 1. The van der Waals surface area contributed by atoms with E-state index in [0.29, 0.717) is 35.2 Å². The van der Waals surface area contributed by atoms with Crippen molar-refractivity contribution in [2.75, 3.05) is 5.32 Å². The van der Waals surface area contributed by atoms with Gasteiger partial charge in [-0.1, -0.05) is 24.3 Å². The number of rotatable bonds is 5. The van der Waals surface area contributed by atoms with Crippen molar-refractivity contribution < 1.29 is 23.5 Å². The topological polar surface area (TPSA) is 120 Å². The molecule has 156 valence electrons. The zero-order valence-corrected chi connectivity index (χ0v) is 15.9. The van der Waals surface area contributed by atoms with Gasteiger partial charge >= 0.3 is 6.09 Å². The Bertz CT molecular complexity index is 1230. The second kappa shape index (κ2) is 7.53. The molecule has 10 heteroatoms. The highest BCUT2D eigenvalue weighted by atomic mass is 19.1. The number of amides is 2. The van der Waals surface area contributed by atoms with E-state index in [4.69, 9.17) is 10.4 Å². The zero-order chi connectivity index (χ0) is 22.2. The van der Waals surface area contributed by atoms with E-state index in [9.17, 15) is 18.4 Å². The molecule has 1 aromatic heterocycles. The minimum atomic E-state index is -1.43. The number of halogens is 2. The molecule has 0 spiro atoms. The molecule has 2 amide bonds. The van der Waals surface area contributed by atoms with Gasteiger partial charge in [-0.2, -0.15) is 10.4 Å². The van der Waals surface area contributed by atoms with Crippen LogP contribution in [0.3, 0.4) is 0 Å². The Labute approximate surface area is 174 Å². The highest BCUT2D eigenvalue weighted by Crippen LogP contribution is 2.49. The average molecular weight is 423 g/mol. The van der Waals surface area contributed by atoms with Crippen LogP contribution >= 0.6 is 0 Å². The van der Waals surface area contributed by atoms with Crippen LogP contribution in [-0.2, 0) is 10.2 Å². The van der Waals surface area contributed by atoms with Crippen molar-refractivity contribution in [2.24, 2.45) is 0 Å². The number of nitrogens with zero attached hydrogens (tertiary/aromatic N) is 3. The van der Waals surface area contributed by atoms with Gasteiger partial charge in [-0.05, 0) is 42.2 Å². The molecule has 0 saturated heterocycles. The van der Waals surface area contributed by atoms with E-state index in [1.807, 2.05) is 5.32 Å². The standard InChI is InChI=1S/C21H15F2N5O3/c22-16-9-13(21(7-8-21)19(29)25-11-24)3-6-15(16)12-1-4-14(5-2-12)28-18(27-20(30)31)17(23)10-26-28/h1-6,9-10,27H,7-8H2,(H,25,29)(H,30,31). The third-order valence-electron chi connectivity index (χ3n) is 5.25. The van der Waals surface area contributed by atoms with Crippen LogP contribution in [0.25, 0.3) is 16.8 Å². The molecule has 1 aliphatic rings. The summed E-state index contributed by atoms with van der Waals surface area (Å²) >= 11 is 0. The summed E-state index contributed by atoms with van der Waals surface area (Å²) in [7, 11) is 0. The Balaban J connectivity index is 1.62. The molecule has 0 aliphatic heterocycles. The first kappa shape index (κ1) is 20.0. The molecule has 2 aromatic carbocycles. The first-order chi connectivity index (χ1) is 14.9. The molecule has 0 radical (unpaired) electrons. The fourth-order valence-corrected chi connectivity index (χ4v) is 3.51. The molecular weight excluding hydrogens is 408 g/mol. The first-order valence-electron chi connectivity index (χ1n) is 9.19. The van der Waals surface area contributed by atoms with Gasteiger partial charge in [0.25, 0.3) is 0 Å². The molecule has 0 unspecified atom stereocenters. The van der Waals surface area contributed by atoms with Crippen LogP contribution in [-0.4, -0.2) is 26.9 Å². The van der Waals surface area contributed by atoms with Crippen LogP contribution in [0.2, 0.25) is 0 Å². The average Bonchev–Trinajstić information content (AvgIpc) is 3.48. The number of nitrogens with one attached hydrogen (secondary N) is 2. The third-order valence-corrected chi connectivity index (χ3v) is 5.25. The molecule has 8 nitrogen and oxygen atoms in total. The number of benzene rings is 2. The molecule has 1 saturated carbocycles. The quantitative estimate of drug-likeness (QED) is 0.428. The predicted octanol–water partition coefficient (Wildman–Crippen LogP) is 3.54. The van der Waals surface area contributed by atoms with E-state index in [-0.39, 0.29) is 5.82 Å². The van der Waals surface area contributed by atoms with Gasteiger partial charge in [-0.25, -0.2) is 18.3 Å². The molecule has 3 N–H and O–H groups in total. The molecule has 31 heavy (non-hydrogen) atoms. The van der Waals surface area contributed by atoms with E-state index in [2.05, 4.69) is 10.4 Å². The number of hydrogen-bond donors (Lipinski definition) is 3. The molecule has 1 aliphatic carbocycles. The maximum atomic E-state index is 14.8. The number of hydrogen-bond acceptors (Lipinski definition) is 4. The lowest BCUT2D eigenvalue weighted by atomic mass is 9.92. The van der Waals surface area contributed by atoms with Gasteiger partial charge in [0.2, 0.25) is 5.91 Å². The maximum absolute atomic E-state index is 14.8.